The van der Waals surface area contributed by atoms with E-state index in [1.807, 2.05) is 30.3 Å². The highest BCUT2D eigenvalue weighted by Gasteiger charge is 2.34. The van der Waals surface area contributed by atoms with E-state index in [1.165, 1.54) is 6.08 Å². The Labute approximate surface area is 169 Å². The van der Waals surface area contributed by atoms with Crippen molar-refractivity contribution in [2.75, 3.05) is 11.5 Å². The highest BCUT2D eigenvalue weighted by molar-refractivity contribution is 7.91. The lowest BCUT2D eigenvalue weighted by Gasteiger charge is -2.27. The van der Waals surface area contributed by atoms with E-state index in [1.54, 1.807) is 29.2 Å². The first-order valence-corrected chi connectivity index (χ1v) is 11.1. The fraction of sp³-hybridized carbons (Fsp3) is 0.250. The van der Waals surface area contributed by atoms with Crippen molar-refractivity contribution in [3.05, 3.63) is 75.8 Å². The van der Waals surface area contributed by atoms with Gasteiger partial charge in [-0.05, 0) is 41.8 Å². The number of carbonyl (C=O) groups is 1. The van der Waals surface area contributed by atoms with Crippen molar-refractivity contribution in [2.45, 2.75) is 19.0 Å². The molecular weight excluding hydrogens is 405 g/mol. The molecule has 4 nitrogen and oxygen atoms in total. The standard InChI is InChI=1S/C20H19Cl2NO3S/c21-17-8-5-15(6-9-17)13-23(18-11-12-27(25,26)14-18)20(24)10-7-16-3-1-2-4-19(16)22/h1-10,18H,11-14H2/b10-7+/t18-/m1/s1. The first-order chi connectivity index (χ1) is 12.8. The van der Waals surface area contributed by atoms with Gasteiger partial charge in [0.05, 0.1) is 11.5 Å². The third-order valence-electron chi connectivity index (χ3n) is 4.51. The Bertz CT molecular complexity index is 955. The molecule has 0 spiro atoms. The van der Waals surface area contributed by atoms with Gasteiger partial charge >= 0.3 is 0 Å². The monoisotopic (exact) mass is 423 g/mol. The highest BCUT2D eigenvalue weighted by atomic mass is 35.5. The summed E-state index contributed by atoms with van der Waals surface area (Å²) in [4.78, 5) is 14.5. The molecule has 142 valence electrons. The maximum Gasteiger partial charge on any atom is 0.247 e. The van der Waals surface area contributed by atoms with E-state index in [-0.39, 0.29) is 23.5 Å². The Morgan fingerprint density at radius 1 is 1.11 bits per heavy atom. The van der Waals surface area contributed by atoms with Crippen LogP contribution in [0.15, 0.2) is 54.6 Å². The summed E-state index contributed by atoms with van der Waals surface area (Å²) in [7, 11) is -3.11. The van der Waals surface area contributed by atoms with Gasteiger partial charge in [-0.3, -0.25) is 4.79 Å². The average molecular weight is 424 g/mol. The van der Waals surface area contributed by atoms with Gasteiger partial charge in [-0.1, -0.05) is 53.5 Å². The minimum Gasteiger partial charge on any atom is -0.331 e. The molecule has 3 rings (SSSR count). The van der Waals surface area contributed by atoms with Crippen LogP contribution in [0.1, 0.15) is 17.5 Å². The van der Waals surface area contributed by atoms with Crippen LogP contribution in [0, 0.1) is 0 Å². The topological polar surface area (TPSA) is 54.5 Å². The van der Waals surface area contributed by atoms with Gasteiger partial charge in [0.25, 0.3) is 0 Å². The molecular formula is C20H19Cl2NO3S. The Morgan fingerprint density at radius 2 is 1.81 bits per heavy atom. The predicted octanol–water partition coefficient (Wildman–Crippen LogP) is 4.22. The van der Waals surface area contributed by atoms with E-state index in [4.69, 9.17) is 23.2 Å². The molecule has 1 amide bonds. The van der Waals surface area contributed by atoms with Crippen molar-refractivity contribution in [3.63, 3.8) is 0 Å². The fourth-order valence-electron chi connectivity index (χ4n) is 3.06. The third-order valence-corrected chi connectivity index (χ3v) is 6.86. The summed E-state index contributed by atoms with van der Waals surface area (Å²) in [6.07, 6.45) is 3.55. The van der Waals surface area contributed by atoms with Crippen LogP contribution in [0.25, 0.3) is 6.08 Å². The van der Waals surface area contributed by atoms with Gasteiger partial charge in [-0.15, -0.1) is 0 Å². The van der Waals surface area contributed by atoms with Crippen molar-refractivity contribution in [3.8, 4) is 0 Å². The summed E-state index contributed by atoms with van der Waals surface area (Å²) in [5.41, 5.74) is 1.63. The maximum absolute atomic E-state index is 12.9. The third kappa shape index (κ3) is 5.34. The number of rotatable bonds is 5. The molecule has 1 fully saturated rings. The van der Waals surface area contributed by atoms with E-state index in [9.17, 15) is 13.2 Å². The zero-order chi connectivity index (χ0) is 19.4. The van der Waals surface area contributed by atoms with Crippen LogP contribution in [0.2, 0.25) is 10.0 Å². The van der Waals surface area contributed by atoms with Crippen molar-refractivity contribution >= 4 is 45.0 Å². The van der Waals surface area contributed by atoms with E-state index < -0.39 is 9.84 Å². The first-order valence-electron chi connectivity index (χ1n) is 8.52. The van der Waals surface area contributed by atoms with Crippen molar-refractivity contribution < 1.29 is 13.2 Å². The van der Waals surface area contributed by atoms with E-state index >= 15 is 0 Å². The SMILES string of the molecule is O=C(/C=C/c1ccccc1Cl)N(Cc1ccc(Cl)cc1)[C@@H]1CCS(=O)(=O)C1. The van der Waals surface area contributed by atoms with Crippen LogP contribution in [0.3, 0.4) is 0 Å². The zero-order valence-electron chi connectivity index (χ0n) is 14.5. The molecule has 1 aliphatic heterocycles. The molecule has 1 aliphatic rings. The molecule has 2 aromatic rings. The molecule has 0 saturated carbocycles. The molecule has 0 aromatic heterocycles. The number of amides is 1. The van der Waals surface area contributed by atoms with Gasteiger partial charge in [-0.25, -0.2) is 8.42 Å². The molecule has 7 heteroatoms. The molecule has 0 radical (unpaired) electrons. The Kier molecular flexibility index (Phi) is 6.25. The number of nitrogens with zero attached hydrogens (tertiary/aromatic N) is 1. The molecule has 2 aromatic carbocycles. The Morgan fingerprint density at radius 3 is 2.44 bits per heavy atom. The molecule has 0 N–H and O–H groups in total. The summed E-state index contributed by atoms with van der Waals surface area (Å²) in [6.45, 7) is 0.322. The molecule has 0 aliphatic carbocycles. The summed E-state index contributed by atoms with van der Waals surface area (Å²) < 4.78 is 23.8. The van der Waals surface area contributed by atoms with Crippen LogP contribution >= 0.6 is 23.2 Å². The number of hydrogen-bond donors (Lipinski definition) is 0. The Hall–Kier alpha value is -1.82. The molecule has 1 atom stereocenters. The van der Waals surface area contributed by atoms with Crippen molar-refractivity contribution in [1.29, 1.82) is 0 Å². The van der Waals surface area contributed by atoms with Gasteiger partial charge < -0.3 is 4.90 Å². The lowest BCUT2D eigenvalue weighted by Crippen LogP contribution is -2.39. The van der Waals surface area contributed by atoms with Gasteiger partial charge in [0.2, 0.25) is 5.91 Å². The number of sulfone groups is 1. The van der Waals surface area contributed by atoms with Crippen molar-refractivity contribution in [2.24, 2.45) is 0 Å². The van der Waals surface area contributed by atoms with Crippen LogP contribution in [0.5, 0.6) is 0 Å². The maximum atomic E-state index is 12.9. The highest BCUT2D eigenvalue weighted by Crippen LogP contribution is 2.22. The summed E-state index contributed by atoms with van der Waals surface area (Å²) >= 11 is 12.1. The normalized spacial score (nSPS) is 18.7. The lowest BCUT2D eigenvalue weighted by atomic mass is 10.1. The molecule has 0 unspecified atom stereocenters. The first kappa shape index (κ1) is 19.9. The van der Waals surface area contributed by atoms with Gasteiger partial charge in [0.15, 0.2) is 9.84 Å². The molecule has 1 heterocycles. The van der Waals surface area contributed by atoms with Crippen LogP contribution in [-0.2, 0) is 21.2 Å². The van der Waals surface area contributed by atoms with Crippen LogP contribution in [-0.4, -0.2) is 36.8 Å². The predicted molar refractivity (Wildman–Crippen MR) is 110 cm³/mol. The summed E-state index contributed by atoms with van der Waals surface area (Å²) in [6, 6.07) is 14.1. The smallest absolute Gasteiger partial charge is 0.247 e. The summed E-state index contributed by atoms with van der Waals surface area (Å²) in [5, 5.41) is 1.16. The van der Waals surface area contributed by atoms with E-state index in [2.05, 4.69) is 0 Å². The lowest BCUT2D eigenvalue weighted by molar-refractivity contribution is -0.128. The summed E-state index contributed by atoms with van der Waals surface area (Å²) in [5.74, 6) is -0.144. The number of halogens is 2. The quantitative estimate of drug-likeness (QED) is 0.676. The zero-order valence-corrected chi connectivity index (χ0v) is 16.8. The van der Waals surface area contributed by atoms with Gasteiger partial charge in [-0.2, -0.15) is 0 Å². The molecule has 1 saturated heterocycles. The Balaban J connectivity index is 1.83. The molecule has 0 bridgehead atoms. The minimum absolute atomic E-state index is 0.00768. The van der Waals surface area contributed by atoms with Crippen LogP contribution < -0.4 is 0 Å². The molecule has 27 heavy (non-hydrogen) atoms. The average Bonchev–Trinajstić information content (AvgIpc) is 3.00. The van der Waals surface area contributed by atoms with Gasteiger partial charge in [0, 0.05) is 28.7 Å². The number of carbonyl (C=O) groups excluding carboxylic acids is 1. The van der Waals surface area contributed by atoms with Crippen LogP contribution in [0.4, 0.5) is 0 Å². The second-order valence-corrected chi connectivity index (χ2v) is 9.58. The van der Waals surface area contributed by atoms with Crippen molar-refractivity contribution in [1.82, 2.24) is 4.90 Å². The van der Waals surface area contributed by atoms with E-state index in [0.717, 1.165) is 11.1 Å². The minimum atomic E-state index is -3.11. The number of benzene rings is 2. The largest absolute Gasteiger partial charge is 0.331 e. The van der Waals surface area contributed by atoms with E-state index in [0.29, 0.717) is 23.0 Å². The number of hydrogen-bond acceptors (Lipinski definition) is 3. The second kappa shape index (κ2) is 8.46. The second-order valence-electron chi connectivity index (χ2n) is 6.50. The van der Waals surface area contributed by atoms with Gasteiger partial charge in [0.1, 0.15) is 0 Å². The fourth-order valence-corrected chi connectivity index (χ4v) is 5.12.